The number of hydrogen-bond acceptors (Lipinski definition) is 10. The van der Waals surface area contributed by atoms with Crippen molar-refractivity contribution in [3.05, 3.63) is 46.7 Å². The van der Waals surface area contributed by atoms with E-state index in [1.165, 1.54) is 33.1 Å². The lowest BCUT2D eigenvalue weighted by molar-refractivity contribution is -0.150. The van der Waals surface area contributed by atoms with E-state index in [1.807, 2.05) is 32.9 Å². The predicted octanol–water partition coefficient (Wildman–Crippen LogP) is 1.39. The number of rotatable bonds is 12. The number of aromatic nitrogens is 4. The maximum atomic E-state index is 12.9. The summed E-state index contributed by atoms with van der Waals surface area (Å²) in [6.07, 6.45) is 0.0782. The number of benzene rings is 1. The summed E-state index contributed by atoms with van der Waals surface area (Å²) in [6, 6.07) is 4.85. The van der Waals surface area contributed by atoms with Gasteiger partial charge in [0, 0.05) is 30.5 Å². The van der Waals surface area contributed by atoms with Crippen molar-refractivity contribution in [3.63, 3.8) is 0 Å². The van der Waals surface area contributed by atoms with Crippen molar-refractivity contribution in [2.45, 2.75) is 68.1 Å². The van der Waals surface area contributed by atoms with Crippen LogP contribution >= 0.6 is 23.5 Å². The van der Waals surface area contributed by atoms with Crippen molar-refractivity contribution in [2.75, 3.05) is 11.5 Å². The second-order valence-electron chi connectivity index (χ2n) is 11.2. The number of carbonyl (C=O) groups is 5. The predicted molar refractivity (Wildman–Crippen MR) is 157 cm³/mol. The van der Waals surface area contributed by atoms with E-state index in [-0.39, 0.29) is 36.1 Å². The van der Waals surface area contributed by atoms with Gasteiger partial charge in [-0.05, 0) is 52.0 Å². The highest BCUT2D eigenvalue weighted by Crippen LogP contribution is 2.41. The van der Waals surface area contributed by atoms with Crippen molar-refractivity contribution in [3.8, 4) is 0 Å². The molecule has 14 nitrogen and oxygen atoms in total. The van der Waals surface area contributed by atoms with Crippen LogP contribution in [0.15, 0.2) is 40.7 Å². The molecule has 4 N–H and O–H groups in total. The molecule has 0 saturated carbocycles. The molecule has 1 fully saturated rings. The minimum absolute atomic E-state index is 0.00541. The molecule has 2 aromatic rings. The van der Waals surface area contributed by atoms with Gasteiger partial charge in [-0.15, -0.1) is 16.9 Å². The number of carbonyl (C=O) groups excluding carboxylic acids is 3. The van der Waals surface area contributed by atoms with Crippen LogP contribution in [-0.4, -0.2) is 93.9 Å². The molecule has 2 aliphatic rings. The maximum Gasteiger partial charge on any atom is 0.352 e. The number of carboxylic acid groups (broad SMARTS) is 2. The first-order valence-corrected chi connectivity index (χ1v) is 15.5. The fraction of sp³-hybridized carbons (Fsp3) is 0.481. The molecule has 3 heterocycles. The molecule has 43 heavy (non-hydrogen) atoms. The lowest BCUT2D eigenvalue weighted by Gasteiger charge is -2.49. The van der Waals surface area contributed by atoms with Crippen LogP contribution in [0.4, 0.5) is 0 Å². The van der Waals surface area contributed by atoms with E-state index in [0.29, 0.717) is 22.0 Å². The molecule has 1 aromatic carbocycles. The van der Waals surface area contributed by atoms with Gasteiger partial charge in [-0.1, -0.05) is 44.7 Å². The fourth-order valence-electron chi connectivity index (χ4n) is 4.62. The molecule has 0 spiro atoms. The van der Waals surface area contributed by atoms with Crippen molar-refractivity contribution in [1.82, 2.24) is 35.7 Å². The number of thioether (sulfide) groups is 2. The average Bonchev–Trinajstić information content (AvgIpc) is 3.37. The summed E-state index contributed by atoms with van der Waals surface area (Å²) >= 11 is 2.60. The van der Waals surface area contributed by atoms with Gasteiger partial charge in [0.25, 0.3) is 11.8 Å². The quantitative estimate of drug-likeness (QED) is 0.194. The lowest BCUT2D eigenvalue weighted by atomic mass is 9.86. The van der Waals surface area contributed by atoms with Gasteiger partial charge in [0.1, 0.15) is 23.2 Å². The molecule has 3 atom stereocenters. The Morgan fingerprint density at radius 3 is 2.44 bits per heavy atom. The molecule has 0 aliphatic carbocycles. The number of β-lactam (4-membered cyclic amide) rings is 1. The number of aliphatic carboxylic acids is 2. The zero-order valence-electron chi connectivity index (χ0n) is 24.1. The molecule has 16 heteroatoms. The first-order valence-electron chi connectivity index (χ1n) is 13.5. The third kappa shape index (κ3) is 7.36. The third-order valence-corrected chi connectivity index (χ3v) is 9.47. The van der Waals surface area contributed by atoms with E-state index in [2.05, 4.69) is 26.2 Å². The summed E-state index contributed by atoms with van der Waals surface area (Å²) in [6.45, 7) is 6.14. The molecule has 0 bridgehead atoms. The molecular weight excluding hydrogens is 598 g/mol. The second-order valence-corrected chi connectivity index (χ2v) is 13.2. The Labute approximate surface area is 256 Å². The van der Waals surface area contributed by atoms with Crippen molar-refractivity contribution in [1.29, 1.82) is 0 Å². The fourth-order valence-corrected chi connectivity index (χ4v) is 6.96. The summed E-state index contributed by atoms with van der Waals surface area (Å²) in [5.74, 6) is -3.36. The summed E-state index contributed by atoms with van der Waals surface area (Å²) in [5.41, 5.74) is 1.72. The first kappa shape index (κ1) is 32.0. The van der Waals surface area contributed by atoms with Crippen molar-refractivity contribution in [2.24, 2.45) is 7.05 Å². The van der Waals surface area contributed by atoms with Crippen LogP contribution in [0.2, 0.25) is 0 Å². The Morgan fingerprint density at radius 1 is 1.16 bits per heavy atom. The summed E-state index contributed by atoms with van der Waals surface area (Å²) in [5, 5.41) is 35.7. The van der Waals surface area contributed by atoms with Crippen molar-refractivity contribution >= 4 is 53.2 Å². The Kier molecular flexibility index (Phi) is 9.79. The van der Waals surface area contributed by atoms with Gasteiger partial charge in [0.2, 0.25) is 11.1 Å². The maximum absolute atomic E-state index is 12.9. The smallest absolute Gasteiger partial charge is 0.352 e. The molecule has 2 aliphatic heterocycles. The van der Waals surface area contributed by atoms with E-state index in [1.54, 1.807) is 19.2 Å². The van der Waals surface area contributed by atoms with Crippen LogP contribution < -0.4 is 10.6 Å². The second kappa shape index (κ2) is 13.2. The topological polar surface area (TPSA) is 197 Å². The van der Waals surface area contributed by atoms with Gasteiger partial charge < -0.3 is 20.8 Å². The third-order valence-electron chi connectivity index (χ3n) is 7.04. The zero-order chi connectivity index (χ0) is 31.5. The standard InChI is InChI=1S/C27H33N7O7S2/c1-27(2,3)16-10-8-14(9-11-16)21(36)28-17(24(38)39)6-5-7-18(35)29-19-22(37)34-20(25(40)41)15(12-42-23(19)34)13-43-26-30-31-32-33(26)4/h8-11,17,19,23H,5-7,12-13H2,1-4H3,(H,28,36)(H,29,35)(H,38,39)(H,40,41)/t17?,19-,23+/m1/s1. The number of tetrazole rings is 1. The molecular formula is C27H33N7O7S2. The van der Waals surface area contributed by atoms with Gasteiger partial charge in [-0.3, -0.25) is 19.3 Å². The number of amides is 3. The minimum Gasteiger partial charge on any atom is -0.480 e. The Hall–Kier alpha value is -3.92. The zero-order valence-corrected chi connectivity index (χ0v) is 25.7. The van der Waals surface area contributed by atoms with Gasteiger partial charge in [0.15, 0.2) is 0 Å². The number of fused-ring (bicyclic) bond motifs is 1. The summed E-state index contributed by atoms with van der Waals surface area (Å²) < 4.78 is 1.46. The van der Waals surface area contributed by atoms with E-state index >= 15 is 0 Å². The van der Waals surface area contributed by atoms with Gasteiger partial charge in [0.05, 0.1) is 0 Å². The highest BCUT2D eigenvalue weighted by atomic mass is 32.2. The molecule has 4 rings (SSSR count). The Morgan fingerprint density at radius 2 is 1.86 bits per heavy atom. The van der Waals surface area contributed by atoms with E-state index in [9.17, 15) is 34.2 Å². The first-order chi connectivity index (χ1) is 20.3. The molecule has 1 aromatic heterocycles. The molecule has 230 valence electrons. The van der Waals surface area contributed by atoms with Gasteiger partial charge in [-0.2, -0.15) is 0 Å². The number of carboxylic acids is 2. The lowest BCUT2D eigenvalue weighted by Crippen LogP contribution is -2.70. The normalized spacial score (nSPS) is 18.9. The molecule has 1 saturated heterocycles. The van der Waals surface area contributed by atoms with Crippen molar-refractivity contribution < 1.29 is 34.2 Å². The monoisotopic (exact) mass is 631 g/mol. The van der Waals surface area contributed by atoms with E-state index < -0.39 is 47.1 Å². The number of aryl methyl sites for hydroxylation is 1. The summed E-state index contributed by atoms with van der Waals surface area (Å²) in [7, 11) is 1.66. The minimum atomic E-state index is -1.23. The van der Waals surface area contributed by atoms with Gasteiger partial charge in [-0.25, -0.2) is 14.3 Å². The van der Waals surface area contributed by atoms with E-state index in [4.69, 9.17) is 0 Å². The van der Waals surface area contributed by atoms with Crippen LogP contribution in [0, 0.1) is 0 Å². The van der Waals surface area contributed by atoms with Crippen LogP contribution in [-0.2, 0) is 31.6 Å². The number of nitrogens with zero attached hydrogens (tertiary/aromatic N) is 5. The molecule has 1 unspecified atom stereocenters. The van der Waals surface area contributed by atoms with Crippen LogP contribution in [0.25, 0.3) is 0 Å². The van der Waals surface area contributed by atoms with Gasteiger partial charge >= 0.3 is 11.9 Å². The highest BCUT2D eigenvalue weighted by Gasteiger charge is 2.54. The Bertz CT molecular complexity index is 1450. The van der Waals surface area contributed by atoms with Crippen LogP contribution in [0.3, 0.4) is 0 Å². The number of nitrogens with one attached hydrogen (secondary N) is 2. The summed E-state index contributed by atoms with van der Waals surface area (Å²) in [4.78, 5) is 63.2. The number of hydrogen-bond donors (Lipinski definition) is 4. The molecule has 3 amide bonds. The largest absolute Gasteiger partial charge is 0.480 e. The highest BCUT2D eigenvalue weighted by molar-refractivity contribution is 8.01. The van der Waals surface area contributed by atoms with E-state index in [0.717, 1.165) is 5.56 Å². The van der Waals surface area contributed by atoms with Crippen LogP contribution in [0.1, 0.15) is 56.0 Å². The van der Waals surface area contributed by atoms with Crippen LogP contribution in [0.5, 0.6) is 0 Å². The Balaban J connectivity index is 1.28. The molecule has 0 radical (unpaired) electrons. The SMILES string of the molecule is Cn1nnnc1SCC1=C(C(=O)O)N2C(=O)[C@@H](NC(=O)CCCC(NC(=O)c3ccc(C(C)(C)C)cc3)C(=O)O)[C@@H]2SC1. The average molecular weight is 632 g/mol.